The number of carbonyl (C=O) groups is 2. The molecule has 0 atom stereocenters. The van der Waals surface area contributed by atoms with Crippen LogP contribution in [0.1, 0.15) is 16.8 Å². The molecule has 1 heterocycles. The number of nitrogens with one attached hydrogen (secondary N) is 1. The van der Waals surface area contributed by atoms with Crippen molar-refractivity contribution in [3.8, 4) is 22.5 Å². The summed E-state index contributed by atoms with van der Waals surface area (Å²) in [4.78, 5) is 23.4. The van der Waals surface area contributed by atoms with Gasteiger partial charge in [0.1, 0.15) is 11.4 Å². The number of aromatic nitrogens is 1. The Morgan fingerprint density at radius 3 is 2.49 bits per heavy atom. The molecule has 0 aliphatic rings. The minimum absolute atomic E-state index is 0.0266. The van der Waals surface area contributed by atoms with E-state index in [1.807, 2.05) is 54.6 Å². The number of hydrogen-bond donors (Lipinski definition) is 2. The summed E-state index contributed by atoms with van der Waals surface area (Å²) in [6.07, 6.45) is -0.147. The minimum atomic E-state index is -0.872. The maximum absolute atomic E-state index is 12.4. The molecular weight excluding hydrogens is 468 g/mol. The summed E-state index contributed by atoms with van der Waals surface area (Å²) in [6.45, 7) is 1.90. The van der Waals surface area contributed by atoms with Crippen molar-refractivity contribution in [3.05, 3.63) is 94.6 Å². The Kier molecular flexibility index (Phi) is 7.48. The number of carbonyl (C=O) groups excluding carboxylic acids is 1. The first kappa shape index (κ1) is 24.0. The van der Waals surface area contributed by atoms with Crippen molar-refractivity contribution in [2.45, 2.75) is 19.8 Å². The molecule has 2 N–H and O–H groups in total. The predicted molar refractivity (Wildman–Crippen MR) is 134 cm³/mol. The lowest BCUT2D eigenvalue weighted by atomic mass is 10.00. The first-order valence-electron chi connectivity index (χ1n) is 11.0. The van der Waals surface area contributed by atoms with Gasteiger partial charge < -0.3 is 14.4 Å². The molecule has 4 rings (SSSR count). The van der Waals surface area contributed by atoms with Crippen LogP contribution in [0, 0.1) is 6.92 Å². The molecule has 0 aliphatic carbocycles. The number of anilines is 1. The average Bonchev–Trinajstić information content (AvgIpc) is 3.20. The van der Waals surface area contributed by atoms with Crippen molar-refractivity contribution in [1.29, 1.82) is 0 Å². The van der Waals surface area contributed by atoms with Gasteiger partial charge in [0.05, 0.1) is 13.0 Å². The SMILES string of the molecule is Cc1noc(-c2cccc(-c3ccc(CC(=O)O)cc3)c2)c1NC(=O)OCCc1ccccc1Cl. The first-order valence-corrected chi connectivity index (χ1v) is 11.3. The molecule has 0 spiro atoms. The summed E-state index contributed by atoms with van der Waals surface area (Å²) >= 11 is 6.15. The number of carboxylic acid groups (broad SMARTS) is 1. The number of benzene rings is 3. The highest BCUT2D eigenvalue weighted by Crippen LogP contribution is 2.33. The summed E-state index contributed by atoms with van der Waals surface area (Å²) < 4.78 is 10.9. The van der Waals surface area contributed by atoms with E-state index < -0.39 is 12.1 Å². The fourth-order valence-corrected chi connectivity index (χ4v) is 3.87. The van der Waals surface area contributed by atoms with Crippen LogP contribution in [0.15, 0.2) is 77.3 Å². The summed E-state index contributed by atoms with van der Waals surface area (Å²) in [7, 11) is 0. The van der Waals surface area contributed by atoms with E-state index in [0.29, 0.717) is 28.6 Å². The first-order chi connectivity index (χ1) is 16.9. The van der Waals surface area contributed by atoms with E-state index in [2.05, 4.69) is 10.5 Å². The van der Waals surface area contributed by atoms with Gasteiger partial charge in [-0.15, -0.1) is 0 Å². The van der Waals surface area contributed by atoms with Crippen LogP contribution in [0.4, 0.5) is 10.5 Å². The predicted octanol–water partition coefficient (Wildman–Crippen LogP) is 6.39. The third-order valence-electron chi connectivity index (χ3n) is 5.42. The quantitative estimate of drug-likeness (QED) is 0.297. The molecule has 0 saturated carbocycles. The van der Waals surface area contributed by atoms with Crippen LogP contribution in [0.5, 0.6) is 0 Å². The van der Waals surface area contributed by atoms with Crippen LogP contribution >= 0.6 is 11.6 Å². The second kappa shape index (κ2) is 10.9. The molecule has 1 aromatic heterocycles. The number of halogens is 1. The number of aliphatic carboxylic acids is 1. The molecule has 0 fully saturated rings. The van der Waals surface area contributed by atoms with E-state index in [1.54, 1.807) is 25.1 Å². The van der Waals surface area contributed by atoms with Gasteiger partial charge in [0, 0.05) is 17.0 Å². The lowest BCUT2D eigenvalue weighted by Crippen LogP contribution is -2.16. The molecule has 4 aromatic rings. The Hall–Kier alpha value is -4.10. The molecule has 7 nitrogen and oxygen atoms in total. The number of hydrogen-bond acceptors (Lipinski definition) is 5. The molecule has 0 radical (unpaired) electrons. The van der Waals surface area contributed by atoms with Crippen LogP contribution in [-0.2, 0) is 22.4 Å². The number of amides is 1. The third-order valence-corrected chi connectivity index (χ3v) is 5.79. The van der Waals surface area contributed by atoms with Gasteiger partial charge in [-0.25, -0.2) is 4.79 Å². The Labute approximate surface area is 207 Å². The minimum Gasteiger partial charge on any atom is -0.481 e. The Balaban J connectivity index is 1.46. The lowest BCUT2D eigenvalue weighted by Gasteiger charge is -2.09. The summed E-state index contributed by atoms with van der Waals surface area (Å²) in [5.74, 6) is -0.460. The van der Waals surface area contributed by atoms with Gasteiger partial charge in [-0.1, -0.05) is 77.4 Å². The van der Waals surface area contributed by atoms with Crippen molar-refractivity contribution >= 4 is 29.4 Å². The third kappa shape index (κ3) is 6.07. The zero-order valence-electron chi connectivity index (χ0n) is 19.0. The highest BCUT2D eigenvalue weighted by molar-refractivity contribution is 6.31. The van der Waals surface area contributed by atoms with Crippen molar-refractivity contribution in [3.63, 3.8) is 0 Å². The number of carboxylic acids is 1. The van der Waals surface area contributed by atoms with Crippen molar-refractivity contribution in [2.75, 3.05) is 11.9 Å². The Morgan fingerprint density at radius 2 is 1.74 bits per heavy atom. The summed E-state index contributed by atoms with van der Waals surface area (Å²) in [6, 6.07) is 22.3. The zero-order valence-corrected chi connectivity index (χ0v) is 19.7. The monoisotopic (exact) mass is 490 g/mol. The molecule has 1 amide bonds. The van der Waals surface area contributed by atoms with Crippen molar-refractivity contribution < 1.29 is 24.0 Å². The topological polar surface area (TPSA) is 102 Å². The van der Waals surface area contributed by atoms with Gasteiger partial charge in [-0.05, 0) is 41.3 Å². The molecule has 8 heteroatoms. The van der Waals surface area contributed by atoms with Gasteiger partial charge in [0.25, 0.3) is 0 Å². The highest BCUT2D eigenvalue weighted by Gasteiger charge is 2.19. The molecule has 0 bridgehead atoms. The van der Waals surface area contributed by atoms with Crippen molar-refractivity contribution in [1.82, 2.24) is 5.16 Å². The van der Waals surface area contributed by atoms with E-state index in [4.69, 9.17) is 26.0 Å². The number of ether oxygens (including phenoxy) is 1. The van der Waals surface area contributed by atoms with Crippen LogP contribution in [0.3, 0.4) is 0 Å². The van der Waals surface area contributed by atoms with Crippen molar-refractivity contribution in [2.24, 2.45) is 0 Å². The molecule has 0 unspecified atom stereocenters. The second-order valence-corrected chi connectivity index (χ2v) is 8.33. The molecular formula is C27H23ClN2O5. The Bertz CT molecular complexity index is 1350. The normalized spacial score (nSPS) is 10.7. The van der Waals surface area contributed by atoms with Gasteiger partial charge >= 0.3 is 12.1 Å². The van der Waals surface area contributed by atoms with E-state index in [0.717, 1.165) is 27.8 Å². The molecule has 178 valence electrons. The lowest BCUT2D eigenvalue weighted by molar-refractivity contribution is -0.136. The van der Waals surface area contributed by atoms with E-state index in [9.17, 15) is 9.59 Å². The van der Waals surface area contributed by atoms with E-state index in [-0.39, 0.29) is 13.0 Å². The second-order valence-electron chi connectivity index (χ2n) is 7.92. The van der Waals surface area contributed by atoms with E-state index >= 15 is 0 Å². The smallest absolute Gasteiger partial charge is 0.411 e. The summed E-state index contributed by atoms with van der Waals surface area (Å²) in [5, 5.41) is 16.3. The van der Waals surface area contributed by atoms with Crippen LogP contribution in [0.2, 0.25) is 5.02 Å². The highest BCUT2D eigenvalue weighted by atomic mass is 35.5. The zero-order chi connectivity index (χ0) is 24.8. The van der Waals surface area contributed by atoms with Gasteiger partial charge in [0.15, 0.2) is 5.76 Å². The molecule has 35 heavy (non-hydrogen) atoms. The van der Waals surface area contributed by atoms with Crippen LogP contribution in [0.25, 0.3) is 22.5 Å². The van der Waals surface area contributed by atoms with Crippen LogP contribution < -0.4 is 5.32 Å². The van der Waals surface area contributed by atoms with Crippen LogP contribution in [-0.4, -0.2) is 28.9 Å². The number of aryl methyl sites for hydroxylation is 1. The molecule has 0 saturated heterocycles. The molecule has 3 aromatic carbocycles. The Morgan fingerprint density at radius 1 is 1.00 bits per heavy atom. The largest absolute Gasteiger partial charge is 0.481 e. The maximum atomic E-state index is 12.4. The number of nitrogens with zero attached hydrogens (tertiary/aromatic N) is 1. The standard InChI is InChI=1S/C27H23ClN2O5/c1-17-25(29-27(33)34-14-13-20-5-2-3-8-23(20)28)26(35-30-17)22-7-4-6-21(16-22)19-11-9-18(10-12-19)15-24(31)32/h2-12,16H,13-15H2,1H3,(H,29,33)(H,31,32). The maximum Gasteiger partial charge on any atom is 0.411 e. The van der Waals surface area contributed by atoms with Gasteiger partial charge in [-0.2, -0.15) is 0 Å². The van der Waals surface area contributed by atoms with E-state index in [1.165, 1.54) is 0 Å². The average molecular weight is 491 g/mol. The summed E-state index contributed by atoms with van der Waals surface area (Å²) in [5.41, 5.74) is 5.13. The van der Waals surface area contributed by atoms with Gasteiger partial charge in [0.2, 0.25) is 0 Å². The fraction of sp³-hybridized carbons (Fsp3) is 0.148. The number of rotatable bonds is 8. The fourth-order valence-electron chi connectivity index (χ4n) is 3.64. The van der Waals surface area contributed by atoms with Gasteiger partial charge in [-0.3, -0.25) is 10.1 Å². The molecule has 0 aliphatic heterocycles.